The fourth-order valence-corrected chi connectivity index (χ4v) is 2.09. The first-order valence-corrected chi connectivity index (χ1v) is 6.03. The van der Waals surface area contributed by atoms with Crippen LogP contribution in [0.15, 0.2) is 56.9 Å². The van der Waals surface area contributed by atoms with Gasteiger partial charge in [0.1, 0.15) is 16.7 Å². The number of rotatable bonds is 2. The summed E-state index contributed by atoms with van der Waals surface area (Å²) in [4.78, 5) is 22.7. The predicted molar refractivity (Wildman–Crippen MR) is 76.7 cm³/mol. The summed E-state index contributed by atoms with van der Waals surface area (Å²) < 4.78 is 5.54. The molecule has 6 nitrogen and oxygen atoms in total. The maximum Gasteiger partial charge on any atom is 0.197 e. The van der Waals surface area contributed by atoms with E-state index in [1.807, 2.05) is 6.07 Å². The largest absolute Gasteiger partial charge is 0.504 e. The molecule has 0 atom stereocenters. The highest BCUT2D eigenvalue weighted by atomic mass is 16.3. The van der Waals surface area contributed by atoms with Crippen molar-refractivity contribution in [3.8, 4) is 22.8 Å². The standard InChI is InChI=1S/C15H9NO5/c17-10-7-11(8-4-2-1-3-5-8)21-12-6-9(16-20)14(18)15(19)13(10)12/h1-7,18-19H. The highest BCUT2D eigenvalue weighted by Crippen LogP contribution is 2.41. The van der Waals surface area contributed by atoms with E-state index in [2.05, 4.69) is 5.18 Å². The van der Waals surface area contributed by atoms with E-state index in [1.165, 1.54) is 6.07 Å². The topological polar surface area (TPSA) is 100 Å². The number of hydrogen-bond acceptors (Lipinski definition) is 6. The monoisotopic (exact) mass is 283 g/mol. The van der Waals surface area contributed by atoms with Crippen molar-refractivity contribution in [2.45, 2.75) is 0 Å². The Morgan fingerprint density at radius 2 is 1.71 bits per heavy atom. The van der Waals surface area contributed by atoms with E-state index in [0.717, 1.165) is 6.07 Å². The molecule has 21 heavy (non-hydrogen) atoms. The minimum Gasteiger partial charge on any atom is -0.504 e. The Hall–Kier alpha value is -3.15. The van der Waals surface area contributed by atoms with E-state index in [0.29, 0.717) is 5.56 Å². The van der Waals surface area contributed by atoms with Gasteiger partial charge >= 0.3 is 0 Å². The molecule has 0 amide bonds. The molecule has 0 saturated heterocycles. The summed E-state index contributed by atoms with van der Waals surface area (Å²) in [5, 5.41) is 21.8. The van der Waals surface area contributed by atoms with Crippen LogP contribution in [-0.2, 0) is 0 Å². The SMILES string of the molecule is O=Nc1cc2oc(-c3ccccc3)cc(=O)c2c(O)c1O. The highest BCUT2D eigenvalue weighted by molar-refractivity contribution is 5.91. The van der Waals surface area contributed by atoms with Crippen LogP contribution < -0.4 is 5.43 Å². The zero-order chi connectivity index (χ0) is 15.0. The van der Waals surface area contributed by atoms with Gasteiger partial charge in [0, 0.05) is 17.7 Å². The molecule has 0 unspecified atom stereocenters. The summed E-state index contributed by atoms with van der Waals surface area (Å²) in [6, 6.07) is 11.2. The molecule has 0 aliphatic rings. The smallest absolute Gasteiger partial charge is 0.197 e. The van der Waals surface area contributed by atoms with Crippen LogP contribution in [0.5, 0.6) is 11.5 Å². The number of phenolic OH excluding ortho intramolecular Hbond substituents is 2. The predicted octanol–water partition coefficient (Wildman–Crippen LogP) is 3.27. The molecular weight excluding hydrogens is 274 g/mol. The fraction of sp³-hybridized carbons (Fsp3) is 0. The average molecular weight is 283 g/mol. The van der Waals surface area contributed by atoms with Crippen molar-refractivity contribution < 1.29 is 14.6 Å². The Morgan fingerprint density at radius 3 is 2.38 bits per heavy atom. The fourth-order valence-electron chi connectivity index (χ4n) is 2.09. The minimum absolute atomic E-state index is 0.0220. The van der Waals surface area contributed by atoms with E-state index < -0.39 is 22.6 Å². The van der Waals surface area contributed by atoms with Crippen molar-refractivity contribution in [2.24, 2.45) is 5.18 Å². The van der Waals surface area contributed by atoms with Gasteiger partial charge in [0.15, 0.2) is 22.6 Å². The highest BCUT2D eigenvalue weighted by Gasteiger charge is 2.18. The second-order valence-electron chi connectivity index (χ2n) is 4.40. The van der Waals surface area contributed by atoms with E-state index in [9.17, 15) is 19.9 Å². The summed E-state index contributed by atoms with van der Waals surface area (Å²) in [7, 11) is 0. The average Bonchev–Trinajstić information content (AvgIpc) is 2.51. The molecule has 0 fully saturated rings. The number of benzene rings is 2. The lowest BCUT2D eigenvalue weighted by molar-refractivity contribution is 0.408. The lowest BCUT2D eigenvalue weighted by atomic mass is 10.1. The molecule has 3 rings (SSSR count). The molecule has 0 saturated carbocycles. The number of phenols is 2. The second kappa shape index (κ2) is 4.75. The van der Waals surface area contributed by atoms with Gasteiger partial charge in [0.05, 0.1) is 0 Å². The minimum atomic E-state index is -0.739. The van der Waals surface area contributed by atoms with Gasteiger partial charge in [-0.05, 0) is 5.18 Å². The van der Waals surface area contributed by atoms with Crippen molar-refractivity contribution in [3.63, 3.8) is 0 Å². The van der Waals surface area contributed by atoms with Crippen LogP contribution in [0.25, 0.3) is 22.3 Å². The van der Waals surface area contributed by atoms with Gasteiger partial charge in [-0.1, -0.05) is 30.3 Å². The lowest BCUT2D eigenvalue weighted by Crippen LogP contribution is -2.00. The van der Waals surface area contributed by atoms with Crippen LogP contribution in [-0.4, -0.2) is 10.2 Å². The van der Waals surface area contributed by atoms with Crippen molar-refractivity contribution in [2.75, 3.05) is 0 Å². The van der Waals surface area contributed by atoms with Gasteiger partial charge in [-0.3, -0.25) is 4.79 Å². The molecule has 1 heterocycles. The molecule has 0 aliphatic heterocycles. The first-order valence-electron chi connectivity index (χ1n) is 6.03. The first-order chi connectivity index (χ1) is 10.1. The number of fused-ring (bicyclic) bond motifs is 1. The van der Waals surface area contributed by atoms with Crippen molar-refractivity contribution in [3.05, 3.63) is 57.6 Å². The third kappa shape index (κ3) is 2.02. The van der Waals surface area contributed by atoms with E-state index in [1.54, 1.807) is 24.3 Å². The maximum atomic E-state index is 12.1. The normalized spacial score (nSPS) is 10.7. The summed E-state index contributed by atoms with van der Waals surface area (Å²) >= 11 is 0. The molecule has 0 radical (unpaired) electrons. The summed E-state index contributed by atoms with van der Waals surface area (Å²) in [5.41, 5.74) is -0.273. The van der Waals surface area contributed by atoms with Crippen molar-refractivity contribution in [1.29, 1.82) is 0 Å². The molecule has 0 aliphatic carbocycles. The van der Waals surface area contributed by atoms with Crippen LogP contribution in [0.4, 0.5) is 5.69 Å². The molecule has 6 heteroatoms. The molecular formula is C15H9NO5. The summed E-state index contributed by atoms with van der Waals surface area (Å²) in [6.45, 7) is 0. The number of nitroso groups, excluding NO2 is 1. The van der Waals surface area contributed by atoms with E-state index >= 15 is 0 Å². The zero-order valence-electron chi connectivity index (χ0n) is 10.6. The molecule has 2 N–H and O–H groups in total. The third-order valence-corrected chi connectivity index (χ3v) is 3.10. The van der Waals surface area contributed by atoms with Crippen LogP contribution in [0, 0.1) is 4.91 Å². The number of aromatic hydroxyl groups is 2. The molecule has 0 spiro atoms. The summed E-state index contributed by atoms with van der Waals surface area (Å²) in [5.74, 6) is -1.16. The number of nitrogens with zero attached hydrogens (tertiary/aromatic N) is 1. The number of hydrogen-bond donors (Lipinski definition) is 2. The Morgan fingerprint density at radius 1 is 1.00 bits per heavy atom. The molecule has 3 aromatic rings. The molecule has 1 aromatic heterocycles. The quantitative estimate of drug-likeness (QED) is 0.555. The summed E-state index contributed by atoms with van der Waals surface area (Å²) in [6.07, 6.45) is 0. The second-order valence-corrected chi connectivity index (χ2v) is 4.40. The van der Waals surface area contributed by atoms with Gasteiger partial charge in [-0.2, -0.15) is 0 Å². The van der Waals surface area contributed by atoms with E-state index in [4.69, 9.17) is 4.42 Å². The van der Waals surface area contributed by atoms with Gasteiger partial charge in [-0.15, -0.1) is 4.91 Å². The molecule has 2 aromatic carbocycles. The lowest BCUT2D eigenvalue weighted by Gasteiger charge is -2.06. The Bertz CT molecular complexity index is 899. The van der Waals surface area contributed by atoms with Gasteiger partial charge in [0.2, 0.25) is 0 Å². The van der Waals surface area contributed by atoms with Gasteiger partial charge in [0.25, 0.3) is 0 Å². The maximum absolute atomic E-state index is 12.1. The Labute approximate surface area is 117 Å². The van der Waals surface area contributed by atoms with Gasteiger partial charge < -0.3 is 14.6 Å². The Balaban J connectivity index is 2.37. The molecule has 104 valence electrons. The molecule has 0 bridgehead atoms. The van der Waals surface area contributed by atoms with Crippen LogP contribution >= 0.6 is 0 Å². The first kappa shape index (κ1) is 12.9. The van der Waals surface area contributed by atoms with E-state index in [-0.39, 0.29) is 16.7 Å². The van der Waals surface area contributed by atoms with Crippen molar-refractivity contribution in [1.82, 2.24) is 0 Å². The van der Waals surface area contributed by atoms with Gasteiger partial charge in [-0.25, -0.2) is 0 Å². The zero-order valence-corrected chi connectivity index (χ0v) is 10.6. The van der Waals surface area contributed by atoms with Crippen LogP contribution in [0.1, 0.15) is 0 Å². The van der Waals surface area contributed by atoms with Crippen LogP contribution in [0.2, 0.25) is 0 Å². The Kier molecular flexibility index (Phi) is 2.91. The third-order valence-electron chi connectivity index (χ3n) is 3.10. The van der Waals surface area contributed by atoms with Crippen LogP contribution in [0.3, 0.4) is 0 Å². The van der Waals surface area contributed by atoms with Crippen molar-refractivity contribution >= 4 is 16.7 Å².